The summed E-state index contributed by atoms with van der Waals surface area (Å²) in [6, 6.07) is 55.0. The van der Waals surface area contributed by atoms with Crippen molar-refractivity contribution in [1.82, 2.24) is 0 Å². The Morgan fingerprint density at radius 1 is 0.460 bits per heavy atom. The fourth-order valence-corrected chi connectivity index (χ4v) is 9.34. The second kappa shape index (κ2) is 13.2. The van der Waals surface area contributed by atoms with Gasteiger partial charge in [-0.1, -0.05) is 128 Å². The van der Waals surface area contributed by atoms with Gasteiger partial charge in [-0.3, -0.25) is 0 Å². The molecule has 0 saturated carbocycles. The molecule has 0 spiro atoms. The summed E-state index contributed by atoms with van der Waals surface area (Å²) >= 11 is 0. The van der Waals surface area contributed by atoms with E-state index in [-0.39, 0.29) is 0 Å². The topological polar surface area (TPSA) is 43.4 Å². The fraction of sp³-hybridized carbons (Fsp3) is 0.0435. The number of allylic oxidation sites excluding steroid dienone is 1. The van der Waals surface area contributed by atoms with Crippen LogP contribution in [0.25, 0.3) is 66.1 Å². The monoisotopic (exact) mass is 666 g/mol. The van der Waals surface area contributed by atoms with Gasteiger partial charge in [0, 0.05) is 37.5 Å². The zero-order valence-corrected chi connectivity index (χ0v) is 28.6. The number of hydrogen-bond acceptors (Lipinski definition) is 3. The molecule has 9 aromatic rings. The molecule has 0 saturated heterocycles. The Balaban J connectivity index is 0.000000859. The lowest BCUT2D eigenvalue weighted by atomic mass is 9.99. The van der Waals surface area contributed by atoms with E-state index < -0.39 is 7.14 Å². The lowest BCUT2D eigenvalue weighted by molar-refractivity contribution is 0.592. The molecule has 0 atom stereocenters. The first-order valence-electron chi connectivity index (χ1n) is 16.9. The van der Waals surface area contributed by atoms with Crippen molar-refractivity contribution in [2.24, 2.45) is 0 Å². The van der Waals surface area contributed by atoms with Gasteiger partial charge in [0.05, 0.1) is 0 Å². The molecule has 4 heteroatoms. The average molecular weight is 667 g/mol. The Kier molecular flexibility index (Phi) is 8.28. The highest BCUT2D eigenvalue weighted by atomic mass is 31.2. The maximum atomic E-state index is 15.0. The molecule has 0 aliphatic carbocycles. The number of hydrogen-bond donors (Lipinski definition) is 0. The lowest BCUT2D eigenvalue weighted by Gasteiger charge is -2.20. The summed E-state index contributed by atoms with van der Waals surface area (Å²) in [6.45, 7) is 5.54. The van der Waals surface area contributed by atoms with Gasteiger partial charge in [-0.15, -0.1) is 6.58 Å². The standard InChI is InChI=1S/C42H27O3P.C4H8/c43-46(32-11-3-1-4-12-32,33-13-5-2-6-14-33)34-15-9-10-28(24-34)29-18-22-41-37(26-29)38-27-31(20-23-42(38)45-41)30-19-21-40-36(25-30)35-16-7-8-17-39(35)44-40;1-3-4-2/h1-27H;3H,1,4H2,2H3. The van der Waals surface area contributed by atoms with Crippen molar-refractivity contribution in [2.45, 2.75) is 13.3 Å². The van der Waals surface area contributed by atoms with Gasteiger partial charge in [0.25, 0.3) is 0 Å². The third-order valence-electron chi connectivity index (χ3n) is 9.25. The third-order valence-corrected chi connectivity index (χ3v) is 12.3. The molecular formula is C46H35O3P. The molecule has 0 fully saturated rings. The summed E-state index contributed by atoms with van der Waals surface area (Å²) in [5.41, 5.74) is 7.75. The van der Waals surface area contributed by atoms with Crippen molar-refractivity contribution in [3.8, 4) is 22.3 Å². The van der Waals surface area contributed by atoms with Gasteiger partial charge in [0.1, 0.15) is 22.3 Å². The van der Waals surface area contributed by atoms with Crippen LogP contribution in [0.1, 0.15) is 13.3 Å². The van der Waals surface area contributed by atoms with Crippen LogP contribution in [0.15, 0.2) is 185 Å². The Morgan fingerprint density at radius 3 is 1.36 bits per heavy atom. The zero-order valence-electron chi connectivity index (χ0n) is 27.8. The van der Waals surface area contributed by atoms with Gasteiger partial charge in [-0.2, -0.15) is 0 Å². The molecule has 2 heterocycles. The second-order valence-corrected chi connectivity index (χ2v) is 15.1. The van der Waals surface area contributed by atoms with Crippen molar-refractivity contribution in [3.05, 3.63) is 176 Å². The SMILES string of the molecule is C=CCC.O=P(c1ccccc1)(c1ccccc1)c1cccc(-c2ccc3oc4ccc(-c5ccc6oc7ccccc7c6c5)cc4c3c2)c1. The van der Waals surface area contributed by atoms with Crippen molar-refractivity contribution in [1.29, 1.82) is 0 Å². The van der Waals surface area contributed by atoms with Gasteiger partial charge >= 0.3 is 0 Å². The molecule has 50 heavy (non-hydrogen) atoms. The fourth-order valence-electron chi connectivity index (χ4n) is 6.65. The van der Waals surface area contributed by atoms with Gasteiger partial charge < -0.3 is 13.4 Å². The molecular weight excluding hydrogens is 631 g/mol. The molecule has 9 rings (SSSR count). The predicted octanol–water partition coefficient (Wildman–Crippen LogP) is 12.0. The third kappa shape index (κ3) is 5.56. The minimum Gasteiger partial charge on any atom is -0.456 e. The van der Waals surface area contributed by atoms with Crippen LogP contribution >= 0.6 is 7.14 Å². The van der Waals surface area contributed by atoms with E-state index in [0.29, 0.717) is 0 Å². The molecule has 2 aromatic heterocycles. The number of fused-ring (bicyclic) bond motifs is 6. The summed E-state index contributed by atoms with van der Waals surface area (Å²) in [5.74, 6) is 0. The zero-order chi connectivity index (χ0) is 34.1. The molecule has 0 aliphatic rings. The molecule has 3 nitrogen and oxygen atoms in total. The molecule has 0 unspecified atom stereocenters. The van der Waals surface area contributed by atoms with Crippen LogP contribution in [0.2, 0.25) is 0 Å². The predicted molar refractivity (Wildman–Crippen MR) is 212 cm³/mol. The number of furan rings is 2. The van der Waals surface area contributed by atoms with E-state index in [0.717, 1.165) is 88.5 Å². The molecule has 0 aliphatic heterocycles. The summed E-state index contributed by atoms with van der Waals surface area (Å²) in [7, 11) is -3.09. The normalized spacial score (nSPS) is 11.5. The lowest BCUT2D eigenvalue weighted by Crippen LogP contribution is -2.25. The molecule has 0 bridgehead atoms. The van der Waals surface area contributed by atoms with Crippen molar-refractivity contribution < 1.29 is 13.4 Å². The van der Waals surface area contributed by atoms with Crippen LogP contribution in [0, 0.1) is 0 Å². The van der Waals surface area contributed by atoms with E-state index in [2.05, 4.69) is 80.2 Å². The minimum atomic E-state index is -3.09. The smallest absolute Gasteiger partial charge is 0.171 e. The molecule has 7 aromatic carbocycles. The second-order valence-electron chi connectivity index (χ2n) is 12.4. The van der Waals surface area contributed by atoms with Gasteiger partial charge in [-0.05, 0) is 77.2 Å². The maximum absolute atomic E-state index is 15.0. The van der Waals surface area contributed by atoms with Gasteiger partial charge in [-0.25, -0.2) is 0 Å². The highest BCUT2D eigenvalue weighted by molar-refractivity contribution is 7.85. The van der Waals surface area contributed by atoms with Crippen LogP contribution in [0.3, 0.4) is 0 Å². The van der Waals surface area contributed by atoms with E-state index >= 15 is 4.57 Å². The number of benzene rings is 7. The first-order valence-corrected chi connectivity index (χ1v) is 18.6. The van der Waals surface area contributed by atoms with Crippen LogP contribution in [-0.2, 0) is 4.57 Å². The van der Waals surface area contributed by atoms with Crippen LogP contribution < -0.4 is 15.9 Å². The minimum absolute atomic E-state index is 0.809. The van der Waals surface area contributed by atoms with E-state index in [1.54, 1.807) is 0 Å². The number of para-hydroxylation sites is 1. The first-order chi connectivity index (χ1) is 24.6. The largest absolute Gasteiger partial charge is 0.456 e. The summed E-state index contributed by atoms with van der Waals surface area (Å²) < 4.78 is 27.4. The van der Waals surface area contributed by atoms with Gasteiger partial charge in [0.15, 0.2) is 7.14 Å². The summed E-state index contributed by atoms with van der Waals surface area (Å²) in [4.78, 5) is 0. The molecule has 0 radical (unpaired) electrons. The highest BCUT2D eigenvalue weighted by Crippen LogP contribution is 2.43. The van der Waals surface area contributed by atoms with E-state index in [9.17, 15) is 0 Å². The van der Waals surface area contributed by atoms with E-state index in [1.165, 1.54) is 0 Å². The summed E-state index contributed by atoms with van der Waals surface area (Å²) in [5, 5.41) is 6.78. The van der Waals surface area contributed by atoms with Crippen molar-refractivity contribution >= 4 is 66.9 Å². The Labute approximate surface area is 291 Å². The first kappa shape index (κ1) is 31.4. The van der Waals surface area contributed by atoms with Crippen LogP contribution in [-0.4, -0.2) is 0 Å². The van der Waals surface area contributed by atoms with Gasteiger partial charge in [0.2, 0.25) is 0 Å². The summed E-state index contributed by atoms with van der Waals surface area (Å²) in [6.07, 6.45) is 2.96. The Bertz CT molecular complexity index is 2640. The van der Waals surface area contributed by atoms with Crippen LogP contribution in [0.4, 0.5) is 0 Å². The van der Waals surface area contributed by atoms with Crippen LogP contribution in [0.5, 0.6) is 0 Å². The Morgan fingerprint density at radius 2 is 0.860 bits per heavy atom. The molecule has 242 valence electrons. The number of rotatable bonds is 6. The van der Waals surface area contributed by atoms with Crippen molar-refractivity contribution in [3.63, 3.8) is 0 Å². The quantitative estimate of drug-likeness (QED) is 0.131. The molecule has 0 N–H and O–H groups in total. The average Bonchev–Trinajstić information content (AvgIpc) is 3.75. The van der Waals surface area contributed by atoms with E-state index in [1.807, 2.05) is 103 Å². The Hall–Kier alpha value is -5.89. The van der Waals surface area contributed by atoms with Crippen molar-refractivity contribution in [2.75, 3.05) is 0 Å². The molecule has 0 amide bonds. The maximum Gasteiger partial charge on any atom is 0.171 e. The van der Waals surface area contributed by atoms with E-state index in [4.69, 9.17) is 8.83 Å². The highest BCUT2D eigenvalue weighted by Gasteiger charge is 2.29.